The maximum absolute atomic E-state index is 13.9. The molecule has 5 nitrogen and oxygen atoms in total. The number of anilines is 1. The van der Waals surface area contributed by atoms with Crippen molar-refractivity contribution in [2.75, 3.05) is 39.0 Å². The van der Waals surface area contributed by atoms with E-state index >= 15 is 0 Å². The van der Waals surface area contributed by atoms with E-state index < -0.39 is 5.82 Å². The zero-order valence-electron chi connectivity index (χ0n) is 13.5. The molecule has 124 valence electrons. The summed E-state index contributed by atoms with van der Waals surface area (Å²) in [5, 5.41) is 0. The lowest BCUT2D eigenvalue weighted by molar-refractivity contribution is -0.136. The van der Waals surface area contributed by atoms with Crippen molar-refractivity contribution in [2.45, 2.75) is 19.3 Å². The van der Waals surface area contributed by atoms with Crippen LogP contribution in [0.25, 0.3) is 5.57 Å². The third-order valence-corrected chi connectivity index (χ3v) is 4.84. The predicted molar refractivity (Wildman–Crippen MR) is 88.0 cm³/mol. The van der Waals surface area contributed by atoms with E-state index in [0.29, 0.717) is 30.8 Å². The van der Waals surface area contributed by atoms with Crippen LogP contribution in [0.4, 0.5) is 10.1 Å². The van der Waals surface area contributed by atoms with Crippen LogP contribution >= 0.6 is 0 Å². The van der Waals surface area contributed by atoms with Gasteiger partial charge in [0.25, 0.3) is 0 Å². The maximum Gasteiger partial charge on any atom is 0.226 e. The second-order valence-electron chi connectivity index (χ2n) is 6.43. The van der Waals surface area contributed by atoms with Gasteiger partial charge < -0.3 is 15.5 Å². The topological polar surface area (TPSA) is 62.5 Å². The molecule has 1 amide bonds. The first kappa shape index (κ1) is 15.9. The smallest absolute Gasteiger partial charge is 0.226 e. The minimum atomic E-state index is -0.397. The van der Waals surface area contributed by atoms with Gasteiger partial charge in [-0.05, 0) is 45.0 Å². The Labute approximate surface area is 136 Å². The van der Waals surface area contributed by atoms with Crippen LogP contribution in [0, 0.1) is 11.7 Å². The zero-order chi connectivity index (χ0) is 16.4. The number of carbonyl (C=O) groups excluding carboxylic acids is 1. The quantitative estimate of drug-likeness (QED) is 0.902. The Morgan fingerprint density at radius 2 is 2.04 bits per heavy atom. The molecule has 2 N–H and O–H groups in total. The highest BCUT2D eigenvalue weighted by atomic mass is 19.1. The molecule has 1 aromatic heterocycles. The van der Waals surface area contributed by atoms with Crippen LogP contribution in [-0.2, 0) is 4.79 Å². The molecule has 0 bridgehead atoms. The summed E-state index contributed by atoms with van der Waals surface area (Å²) in [7, 11) is 2.09. The summed E-state index contributed by atoms with van der Waals surface area (Å²) in [5.74, 6) is -0.0354. The first-order valence-corrected chi connectivity index (χ1v) is 8.12. The van der Waals surface area contributed by atoms with Gasteiger partial charge in [0.1, 0.15) is 0 Å². The fourth-order valence-electron chi connectivity index (χ4n) is 3.40. The van der Waals surface area contributed by atoms with E-state index in [1.165, 1.54) is 12.4 Å². The van der Waals surface area contributed by atoms with Crippen molar-refractivity contribution in [1.29, 1.82) is 0 Å². The predicted octanol–water partition coefficient (Wildman–Crippen LogP) is 1.76. The number of likely N-dealkylation sites (tertiary alicyclic amines) is 1. The molecule has 1 saturated heterocycles. The van der Waals surface area contributed by atoms with Gasteiger partial charge in [0.15, 0.2) is 5.82 Å². The fraction of sp³-hybridized carbons (Fsp3) is 0.529. The van der Waals surface area contributed by atoms with E-state index in [1.807, 2.05) is 11.0 Å². The Morgan fingerprint density at radius 1 is 1.30 bits per heavy atom. The summed E-state index contributed by atoms with van der Waals surface area (Å²) in [4.78, 5) is 20.5. The minimum absolute atomic E-state index is 0.129. The normalized spacial score (nSPS) is 20.4. The van der Waals surface area contributed by atoms with Crippen LogP contribution in [0.15, 0.2) is 18.5 Å². The SMILES string of the molecule is CN1CCC(C(=O)N2CC=C(c3c(N)cncc3F)CC2)CC1. The van der Waals surface area contributed by atoms with Gasteiger partial charge in [-0.25, -0.2) is 4.39 Å². The second-order valence-corrected chi connectivity index (χ2v) is 6.43. The lowest BCUT2D eigenvalue weighted by Crippen LogP contribution is -2.43. The number of hydrogen-bond acceptors (Lipinski definition) is 4. The minimum Gasteiger partial charge on any atom is -0.397 e. The van der Waals surface area contributed by atoms with Gasteiger partial charge >= 0.3 is 0 Å². The number of nitrogens with two attached hydrogens (primary N) is 1. The molecule has 0 radical (unpaired) electrons. The highest BCUT2D eigenvalue weighted by Crippen LogP contribution is 2.29. The highest BCUT2D eigenvalue weighted by Gasteiger charge is 2.28. The van der Waals surface area contributed by atoms with Gasteiger partial charge in [-0.3, -0.25) is 9.78 Å². The van der Waals surface area contributed by atoms with Crippen LogP contribution in [0.5, 0.6) is 0 Å². The molecule has 3 rings (SSSR count). The average molecular weight is 318 g/mol. The average Bonchev–Trinajstić information content (AvgIpc) is 2.55. The monoisotopic (exact) mass is 318 g/mol. The van der Waals surface area contributed by atoms with E-state index in [-0.39, 0.29) is 11.8 Å². The molecule has 2 aliphatic rings. The van der Waals surface area contributed by atoms with Crippen molar-refractivity contribution < 1.29 is 9.18 Å². The van der Waals surface area contributed by atoms with Crippen LogP contribution in [-0.4, -0.2) is 53.9 Å². The molecule has 0 aromatic carbocycles. The molecule has 0 atom stereocenters. The van der Waals surface area contributed by atoms with Gasteiger partial charge in [-0.1, -0.05) is 6.08 Å². The molecular formula is C17H23FN4O. The van der Waals surface area contributed by atoms with Crippen molar-refractivity contribution >= 4 is 17.2 Å². The number of piperidine rings is 1. The molecule has 1 fully saturated rings. The number of amides is 1. The lowest BCUT2D eigenvalue weighted by atomic mass is 9.93. The van der Waals surface area contributed by atoms with Crippen molar-refractivity contribution in [3.05, 3.63) is 29.9 Å². The van der Waals surface area contributed by atoms with Crippen molar-refractivity contribution in [1.82, 2.24) is 14.8 Å². The van der Waals surface area contributed by atoms with Crippen LogP contribution in [0.3, 0.4) is 0 Å². The Balaban J connectivity index is 1.67. The molecule has 23 heavy (non-hydrogen) atoms. The number of halogens is 1. The molecule has 0 unspecified atom stereocenters. The summed E-state index contributed by atoms with van der Waals surface area (Å²) < 4.78 is 13.9. The van der Waals surface area contributed by atoms with Gasteiger partial charge in [-0.2, -0.15) is 0 Å². The van der Waals surface area contributed by atoms with Gasteiger partial charge in [-0.15, -0.1) is 0 Å². The zero-order valence-corrected chi connectivity index (χ0v) is 13.5. The van der Waals surface area contributed by atoms with E-state index in [4.69, 9.17) is 5.73 Å². The van der Waals surface area contributed by atoms with Crippen LogP contribution in [0.2, 0.25) is 0 Å². The third kappa shape index (κ3) is 3.37. The molecule has 1 aromatic rings. The van der Waals surface area contributed by atoms with Gasteiger partial charge in [0, 0.05) is 24.6 Å². The summed E-state index contributed by atoms with van der Waals surface area (Å²) in [6.07, 6.45) is 7.05. The maximum atomic E-state index is 13.9. The van der Waals surface area contributed by atoms with Crippen molar-refractivity contribution in [2.24, 2.45) is 5.92 Å². The number of aromatic nitrogens is 1. The molecule has 0 spiro atoms. The fourth-order valence-corrected chi connectivity index (χ4v) is 3.40. The number of pyridine rings is 1. The molecule has 6 heteroatoms. The number of carbonyl (C=O) groups is 1. The first-order valence-electron chi connectivity index (χ1n) is 8.12. The first-order chi connectivity index (χ1) is 11.1. The molecule has 0 saturated carbocycles. The molecular weight excluding hydrogens is 295 g/mol. The Morgan fingerprint density at radius 3 is 2.65 bits per heavy atom. The second kappa shape index (κ2) is 6.66. The van der Waals surface area contributed by atoms with E-state index in [2.05, 4.69) is 16.9 Å². The van der Waals surface area contributed by atoms with E-state index in [0.717, 1.165) is 31.5 Å². The summed E-state index contributed by atoms with van der Waals surface area (Å²) in [5.41, 5.74) is 7.51. The Kier molecular flexibility index (Phi) is 4.61. The molecule has 3 heterocycles. The number of nitrogens with zero attached hydrogens (tertiary/aromatic N) is 3. The molecule has 0 aliphatic carbocycles. The summed E-state index contributed by atoms with van der Waals surface area (Å²) >= 11 is 0. The Bertz CT molecular complexity index is 603. The largest absolute Gasteiger partial charge is 0.397 e. The van der Waals surface area contributed by atoms with Crippen LogP contribution < -0.4 is 5.73 Å². The number of rotatable bonds is 2. The van der Waals surface area contributed by atoms with Crippen molar-refractivity contribution in [3.63, 3.8) is 0 Å². The van der Waals surface area contributed by atoms with Crippen LogP contribution in [0.1, 0.15) is 24.8 Å². The Hall–Kier alpha value is -1.95. The van der Waals surface area contributed by atoms with Crippen molar-refractivity contribution in [3.8, 4) is 0 Å². The molecule has 2 aliphatic heterocycles. The van der Waals surface area contributed by atoms with E-state index in [1.54, 1.807) is 0 Å². The highest BCUT2D eigenvalue weighted by molar-refractivity contribution is 5.82. The summed E-state index contributed by atoms with van der Waals surface area (Å²) in [6, 6.07) is 0. The van der Waals surface area contributed by atoms with E-state index in [9.17, 15) is 9.18 Å². The third-order valence-electron chi connectivity index (χ3n) is 4.84. The lowest BCUT2D eigenvalue weighted by Gasteiger charge is -2.34. The van der Waals surface area contributed by atoms with Gasteiger partial charge in [0.2, 0.25) is 5.91 Å². The standard InChI is InChI=1S/C17H23FN4O/c1-21-6-2-13(3-7-21)17(23)22-8-4-12(5-9-22)16-14(18)10-20-11-15(16)19/h4,10-11,13H,2-3,5-9,19H2,1H3. The number of hydrogen-bond donors (Lipinski definition) is 1. The van der Waals surface area contributed by atoms with Gasteiger partial charge in [0.05, 0.1) is 18.1 Å². The number of nitrogen functional groups attached to an aromatic ring is 1. The summed E-state index contributed by atoms with van der Waals surface area (Å²) in [6.45, 7) is 3.11.